The first-order valence-corrected chi connectivity index (χ1v) is 4.58. The zero-order valence-corrected chi connectivity index (χ0v) is 7.21. The molecule has 0 aliphatic heterocycles. The van der Waals surface area contributed by atoms with Crippen LogP contribution in [-0.4, -0.2) is 18.6 Å². The van der Waals surface area contributed by atoms with E-state index in [0.29, 0.717) is 12.8 Å². The fourth-order valence-corrected chi connectivity index (χ4v) is 0.872. The van der Waals surface area contributed by atoms with Crippen LogP contribution in [0.25, 0.3) is 0 Å². The maximum Gasteiger partial charge on any atom is 0.471 e. The third-order valence-corrected chi connectivity index (χ3v) is 1.92. The Kier molecular flexibility index (Phi) is 5.18. The van der Waals surface area contributed by atoms with Gasteiger partial charge in [0.05, 0.1) is 6.61 Å². The molecule has 1 N–H and O–H groups in total. The molecule has 11 heavy (non-hydrogen) atoms. The molecule has 4 nitrogen and oxygen atoms in total. The number of hydrogen-bond acceptors (Lipinski definition) is 3. The van der Waals surface area contributed by atoms with Crippen molar-refractivity contribution in [2.24, 2.45) is 0 Å². The van der Waals surface area contributed by atoms with Crippen molar-refractivity contribution in [1.29, 1.82) is 0 Å². The van der Waals surface area contributed by atoms with Crippen LogP contribution in [0.5, 0.6) is 0 Å². The molecule has 64 valence electrons. The average Bonchev–Trinajstić information content (AvgIpc) is 1.99. The number of phosphoric acid groups is 1. The lowest BCUT2D eigenvalue weighted by atomic mass is 10.3. The Balaban J connectivity index is 3.40. The standard InChI is InChI=1S/C6H11O4P/c1-3-4-5-6-10-11(7,8)9-2/h1H,4-6H2,2H3,(H,7,8). The van der Waals surface area contributed by atoms with Gasteiger partial charge >= 0.3 is 7.82 Å². The van der Waals surface area contributed by atoms with E-state index in [-0.39, 0.29) is 6.61 Å². The van der Waals surface area contributed by atoms with E-state index in [1.807, 2.05) is 0 Å². The summed E-state index contributed by atoms with van der Waals surface area (Å²) >= 11 is 0. The molecule has 0 spiro atoms. The lowest BCUT2D eigenvalue weighted by molar-refractivity contribution is 0.172. The van der Waals surface area contributed by atoms with Gasteiger partial charge in [0.1, 0.15) is 0 Å². The highest BCUT2D eigenvalue weighted by atomic mass is 31.2. The molecule has 0 saturated heterocycles. The van der Waals surface area contributed by atoms with Gasteiger partial charge in [-0.15, -0.1) is 12.3 Å². The minimum Gasteiger partial charge on any atom is -0.303 e. The van der Waals surface area contributed by atoms with E-state index >= 15 is 0 Å². The Labute approximate surface area is 66.1 Å². The Bertz CT molecular complexity index is 184. The molecule has 0 rings (SSSR count). The maximum atomic E-state index is 10.6. The van der Waals surface area contributed by atoms with Crippen molar-refractivity contribution >= 4 is 7.82 Å². The summed E-state index contributed by atoms with van der Waals surface area (Å²) in [5.41, 5.74) is 0. The van der Waals surface area contributed by atoms with Gasteiger partial charge in [0, 0.05) is 13.5 Å². The quantitative estimate of drug-likeness (QED) is 0.390. The summed E-state index contributed by atoms with van der Waals surface area (Å²) in [5, 5.41) is 0. The van der Waals surface area contributed by atoms with Gasteiger partial charge < -0.3 is 4.89 Å². The molecular formula is C6H11O4P. The Morgan fingerprint density at radius 1 is 1.73 bits per heavy atom. The molecular weight excluding hydrogens is 167 g/mol. The van der Waals surface area contributed by atoms with Gasteiger partial charge in [0.15, 0.2) is 0 Å². The third-order valence-electron chi connectivity index (χ3n) is 0.951. The fourth-order valence-electron chi connectivity index (χ4n) is 0.407. The molecule has 0 amide bonds. The van der Waals surface area contributed by atoms with E-state index in [4.69, 9.17) is 11.3 Å². The van der Waals surface area contributed by atoms with Crippen molar-refractivity contribution < 1.29 is 18.5 Å². The van der Waals surface area contributed by atoms with Gasteiger partial charge in [-0.2, -0.15) is 0 Å². The summed E-state index contributed by atoms with van der Waals surface area (Å²) in [6.45, 7) is 0.145. The lowest BCUT2D eigenvalue weighted by Gasteiger charge is -2.07. The highest BCUT2D eigenvalue weighted by Crippen LogP contribution is 2.41. The first-order chi connectivity index (χ1) is 5.12. The largest absolute Gasteiger partial charge is 0.471 e. The fraction of sp³-hybridized carbons (Fsp3) is 0.667. The molecule has 0 aromatic carbocycles. The number of rotatable bonds is 5. The average molecular weight is 178 g/mol. The monoisotopic (exact) mass is 178 g/mol. The number of terminal acetylenes is 1. The number of phosphoric ester groups is 1. The molecule has 0 heterocycles. The molecule has 1 atom stereocenters. The maximum absolute atomic E-state index is 10.6. The first-order valence-electron chi connectivity index (χ1n) is 3.09. The highest BCUT2D eigenvalue weighted by Gasteiger charge is 2.16. The zero-order valence-electron chi connectivity index (χ0n) is 6.32. The second-order valence-electron chi connectivity index (χ2n) is 1.79. The summed E-state index contributed by atoms with van der Waals surface area (Å²) in [7, 11) is -2.67. The van der Waals surface area contributed by atoms with E-state index in [2.05, 4.69) is 15.0 Å². The van der Waals surface area contributed by atoms with Gasteiger partial charge in [-0.1, -0.05) is 0 Å². The van der Waals surface area contributed by atoms with Crippen molar-refractivity contribution in [1.82, 2.24) is 0 Å². The van der Waals surface area contributed by atoms with Crippen molar-refractivity contribution in [2.75, 3.05) is 13.7 Å². The minimum absolute atomic E-state index is 0.145. The molecule has 0 saturated carbocycles. The van der Waals surface area contributed by atoms with Gasteiger partial charge in [-0.25, -0.2) is 4.57 Å². The van der Waals surface area contributed by atoms with Crippen LogP contribution in [-0.2, 0) is 13.6 Å². The number of hydrogen-bond donors (Lipinski definition) is 1. The van der Waals surface area contributed by atoms with E-state index in [1.165, 1.54) is 0 Å². The second kappa shape index (κ2) is 5.34. The minimum atomic E-state index is -3.78. The van der Waals surface area contributed by atoms with Crippen molar-refractivity contribution in [3.8, 4) is 12.3 Å². The van der Waals surface area contributed by atoms with Crippen LogP contribution in [0.2, 0.25) is 0 Å². The molecule has 5 heteroatoms. The van der Waals surface area contributed by atoms with Crippen LogP contribution in [0.15, 0.2) is 0 Å². The van der Waals surface area contributed by atoms with E-state index in [1.54, 1.807) is 0 Å². The van der Waals surface area contributed by atoms with Crippen LogP contribution in [0.4, 0.5) is 0 Å². The second-order valence-corrected chi connectivity index (χ2v) is 3.35. The predicted molar refractivity (Wildman–Crippen MR) is 40.9 cm³/mol. The Morgan fingerprint density at radius 3 is 2.82 bits per heavy atom. The molecule has 0 aromatic rings. The first kappa shape index (κ1) is 10.7. The van der Waals surface area contributed by atoms with Gasteiger partial charge in [-0.3, -0.25) is 9.05 Å². The Hall–Kier alpha value is -0.330. The molecule has 0 fully saturated rings. The zero-order chi connectivity index (χ0) is 8.74. The summed E-state index contributed by atoms with van der Waals surface area (Å²) in [5.74, 6) is 2.38. The van der Waals surface area contributed by atoms with Crippen LogP contribution in [0.3, 0.4) is 0 Å². The molecule has 0 bridgehead atoms. The summed E-state index contributed by atoms with van der Waals surface area (Å²) in [6.07, 6.45) is 6.03. The topological polar surface area (TPSA) is 55.8 Å². The smallest absolute Gasteiger partial charge is 0.303 e. The predicted octanol–water partition coefficient (Wildman–Crippen LogP) is 1.16. The summed E-state index contributed by atoms with van der Waals surface area (Å²) in [4.78, 5) is 8.68. The van der Waals surface area contributed by atoms with Crippen molar-refractivity contribution in [3.05, 3.63) is 0 Å². The van der Waals surface area contributed by atoms with Crippen molar-refractivity contribution in [3.63, 3.8) is 0 Å². The summed E-state index contributed by atoms with van der Waals surface area (Å²) < 4.78 is 19.2. The Morgan fingerprint density at radius 2 is 2.36 bits per heavy atom. The molecule has 1 unspecified atom stereocenters. The van der Waals surface area contributed by atoms with Gasteiger partial charge in [-0.05, 0) is 6.42 Å². The SMILES string of the molecule is C#CCCCOP(=O)(O)OC. The molecule has 0 aromatic heterocycles. The molecule has 0 aliphatic carbocycles. The summed E-state index contributed by atoms with van der Waals surface area (Å²) in [6, 6.07) is 0. The van der Waals surface area contributed by atoms with Crippen LogP contribution in [0.1, 0.15) is 12.8 Å². The van der Waals surface area contributed by atoms with E-state index in [9.17, 15) is 4.57 Å². The third kappa shape index (κ3) is 6.08. The van der Waals surface area contributed by atoms with Gasteiger partial charge in [0.25, 0.3) is 0 Å². The van der Waals surface area contributed by atoms with Crippen molar-refractivity contribution in [2.45, 2.75) is 12.8 Å². The normalized spacial score (nSPS) is 15.4. The molecule has 0 aliphatic rings. The number of unbranched alkanes of at least 4 members (excludes halogenated alkanes) is 1. The van der Waals surface area contributed by atoms with Gasteiger partial charge in [0.2, 0.25) is 0 Å². The lowest BCUT2D eigenvalue weighted by Crippen LogP contribution is -1.93. The van der Waals surface area contributed by atoms with E-state index in [0.717, 1.165) is 7.11 Å². The molecule has 0 radical (unpaired) electrons. The highest BCUT2D eigenvalue weighted by molar-refractivity contribution is 7.47. The van der Waals surface area contributed by atoms with Crippen LogP contribution >= 0.6 is 7.82 Å². The van der Waals surface area contributed by atoms with Crippen LogP contribution < -0.4 is 0 Å². The van der Waals surface area contributed by atoms with Crippen LogP contribution in [0, 0.1) is 12.3 Å². The van der Waals surface area contributed by atoms with E-state index < -0.39 is 7.82 Å².